The van der Waals surface area contributed by atoms with Gasteiger partial charge in [-0.3, -0.25) is 0 Å². The summed E-state index contributed by atoms with van der Waals surface area (Å²) in [4.78, 5) is 8.86. The minimum atomic E-state index is 0.667. The Bertz CT molecular complexity index is 468. The van der Waals surface area contributed by atoms with E-state index in [0.717, 1.165) is 17.6 Å². The number of hydrogen-bond acceptors (Lipinski definition) is 2. The molecule has 0 spiro atoms. The zero-order valence-corrected chi connectivity index (χ0v) is 8.27. The molecule has 0 bridgehead atoms. The molecular formula is C11H13N3. The number of nitrogens with zero attached hydrogens (tertiary/aromatic N) is 3. The van der Waals surface area contributed by atoms with Crippen molar-refractivity contribution in [1.82, 2.24) is 14.5 Å². The van der Waals surface area contributed by atoms with E-state index in [1.807, 2.05) is 12.5 Å². The minimum Gasteiger partial charge on any atom is -0.312 e. The molecule has 0 radical (unpaired) electrons. The van der Waals surface area contributed by atoms with Gasteiger partial charge in [-0.2, -0.15) is 0 Å². The van der Waals surface area contributed by atoms with E-state index in [0.29, 0.717) is 6.04 Å². The second kappa shape index (κ2) is 2.80. The summed E-state index contributed by atoms with van der Waals surface area (Å²) in [6.45, 7) is 2.14. The molecule has 0 atom stereocenters. The highest BCUT2D eigenvalue weighted by Gasteiger charge is 2.25. The summed E-state index contributed by atoms with van der Waals surface area (Å²) in [7, 11) is 0. The van der Waals surface area contributed by atoms with Gasteiger partial charge in [-0.25, -0.2) is 9.97 Å². The van der Waals surface area contributed by atoms with Gasteiger partial charge in [-0.15, -0.1) is 0 Å². The SMILES string of the molecule is CCc1cnc2c(c1)ncn2C1CC1. The number of aromatic nitrogens is 3. The zero-order valence-electron chi connectivity index (χ0n) is 8.27. The van der Waals surface area contributed by atoms with Gasteiger partial charge in [0.05, 0.1) is 6.33 Å². The first-order valence-corrected chi connectivity index (χ1v) is 5.20. The van der Waals surface area contributed by atoms with Crippen LogP contribution in [0.1, 0.15) is 31.4 Å². The van der Waals surface area contributed by atoms with Crippen LogP contribution < -0.4 is 0 Å². The molecule has 3 rings (SSSR count). The van der Waals surface area contributed by atoms with Crippen LogP contribution in [0.3, 0.4) is 0 Å². The van der Waals surface area contributed by atoms with Crippen molar-refractivity contribution in [3.05, 3.63) is 24.2 Å². The van der Waals surface area contributed by atoms with Gasteiger partial charge in [0.15, 0.2) is 5.65 Å². The molecule has 14 heavy (non-hydrogen) atoms. The molecule has 3 nitrogen and oxygen atoms in total. The monoisotopic (exact) mass is 187 g/mol. The minimum absolute atomic E-state index is 0.667. The van der Waals surface area contributed by atoms with E-state index in [4.69, 9.17) is 0 Å². The summed E-state index contributed by atoms with van der Waals surface area (Å²) < 4.78 is 2.20. The normalized spacial score (nSPS) is 16.4. The average molecular weight is 187 g/mol. The summed E-state index contributed by atoms with van der Waals surface area (Å²) in [5.74, 6) is 0. The Morgan fingerprint density at radius 3 is 3.00 bits per heavy atom. The van der Waals surface area contributed by atoms with E-state index in [-0.39, 0.29) is 0 Å². The van der Waals surface area contributed by atoms with Crippen molar-refractivity contribution < 1.29 is 0 Å². The molecule has 2 aromatic heterocycles. The van der Waals surface area contributed by atoms with E-state index in [2.05, 4.69) is 27.5 Å². The van der Waals surface area contributed by atoms with Gasteiger partial charge in [0.1, 0.15) is 5.52 Å². The molecule has 1 aliphatic rings. The number of imidazole rings is 1. The number of pyridine rings is 1. The predicted molar refractivity (Wildman–Crippen MR) is 55.2 cm³/mol. The largest absolute Gasteiger partial charge is 0.312 e. The van der Waals surface area contributed by atoms with E-state index in [1.54, 1.807) is 0 Å². The number of aryl methyl sites for hydroxylation is 1. The van der Waals surface area contributed by atoms with Gasteiger partial charge < -0.3 is 4.57 Å². The molecule has 0 saturated heterocycles. The first-order chi connectivity index (χ1) is 6.88. The van der Waals surface area contributed by atoms with Crippen LogP contribution in [-0.4, -0.2) is 14.5 Å². The van der Waals surface area contributed by atoms with Crippen LogP contribution in [0.25, 0.3) is 11.2 Å². The second-order valence-electron chi connectivity index (χ2n) is 3.92. The quantitative estimate of drug-likeness (QED) is 0.722. The van der Waals surface area contributed by atoms with Crippen LogP contribution in [0.2, 0.25) is 0 Å². The summed E-state index contributed by atoms with van der Waals surface area (Å²) >= 11 is 0. The Hall–Kier alpha value is -1.38. The Labute approximate surface area is 82.8 Å². The maximum absolute atomic E-state index is 4.47. The summed E-state index contributed by atoms with van der Waals surface area (Å²) in [6, 6.07) is 2.81. The van der Waals surface area contributed by atoms with E-state index >= 15 is 0 Å². The molecule has 1 fully saturated rings. The fourth-order valence-corrected chi connectivity index (χ4v) is 1.77. The molecule has 0 amide bonds. The maximum Gasteiger partial charge on any atom is 0.160 e. The summed E-state index contributed by atoms with van der Waals surface area (Å²) in [6.07, 6.45) is 7.47. The van der Waals surface area contributed by atoms with Gasteiger partial charge >= 0.3 is 0 Å². The van der Waals surface area contributed by atoms with Gasteiger partial charge in [-0.05, 0) is 30.9 Å². The third kappa shape index (κ3) is 1.12. The van der Waals surface area contributed by atoms with Crippen molar-refractivity contribution in [3.63, 3.8) is 0 Å². The highest BCUT2D eigenvalue weighted by Crippen LogP contribution is 2.36. The van der Waals surface area contributed by atoms with Crippen LogP contribution in [0.15, 0.2) is 18.6 Å². The molecule has 0 unspecified atom stereocenters. The fourth-order valence-electron chi connectivity index (χ4n) is 1.77. The molecule has 1 saturated carbocycles. The number of fused-ring (bicyclic) bond motifs is 1. The van der Waals surface area contributed by atoms with Gasteiger partial charge in [0.2, 0.25) is 0 Å². The molecule has 0 aromatic carbocycles. The van der Waals surface area contributed by atoms with Crippen molar-refractivity contribution in [2.75, 3.05) is 0 Å². The van der Waals surface area contributed by atoms with Gasteiger partial charge in [0.25, 0.3) is 0 Å². The third-order valence-electron chi connectivity index (χ3n) is 2.82. The smallest absolute Gasteiger partial charge is 0.160 e. The standard InChI is InChI=1S/C11H13N3/c1-2-8-5-10-11(12-6-8)14(7-13-10)9-3-4-9/h5-7,9H,2-4H2,1H3. The molecule has 3 heteroatoms. The van der Waals surface area contributed by atoms with Gasteiger partial charge in [0, 0.05) is 12.2 Å². The topological polar surface area (TPSA) is 30.7 Å². The lowest BCUT2D eigenvalue weighted by Crippen LogP contribution is -1.93. The molecule has 2 aromatic rings. The molecule has 1 aliphatic carbocycles. The van der Waals surface area contributed by atoms with E-state index in [1.165, 1.54) is 18.4 Å². The molecular weight excluding hydrogens is 174 g/mol. The highest BCUT2D eigenvalue weighted by atomic mass is 15.1. The Balaban J connectivity index is 2.17. The van der Waals surface area contributed by atoms with Crippen molar-refractivity contribution in [1.29, 1.82) is 0 Å². The fraction of sp³-hybridized carbons (Fsp3) is 0.455. The van der Waals surface area contributed by atoms with Crippen LogP contribution in [0, 0.1) is 0 Å². The second-order valence-corrected chi connectivity index (χ2v) is 3.92. The van der Waals surface area contributed by atoms with Crippen LogP contribution in [0.5, 0.6) is 0 Å². The maximum atomic E-state index is 4.47. The lowest BCUT2D eigenvalue weighted by atomic mass is 10.2. The summed E-state index contributed by atoms with van der Waals surface area (Å²) in [5.41, 5.74) is 3.35. The third-order valence-corrected chi connectivity index (χ3v) is 2.82. The number of hydrogen-bond donors (Lipinski definition) is 0. The lowest BCUT2D eigenvalue weighted by Gasteiger charge is -2.00. The Morgan fingerprint density at radius 2 is 2.29 bits per heavy atom. The van der Waals surface area contributed by atoms with Gasteiger partial charge in [-0.1, -0.05) is 6.92 Å². The predicted octanol–water partition coefficient (Wildman–Crippen LogP) is 2.33. The zero-order chi connectivity index (χ0) is 9.54. The first kappa shape index (κ1) is 7.97. The van der Waals surface area contributed by atoms with E-state index in [9.17, 15) is 0 Å². The Morgan fingerprint density at radius 1 is 1.43 bits per heavy atom. The van der Waals surface area contributed by atoms with Crippen LogP contribution >= 0.6 is 0 Å². The van der Waals surface area contributed by atoms with Crippen molar-refractivity contribution in [2.24, 2.45) is 0 Å². The first-order valence-electron chi connectivity index (χ1n) is 5.20. The van der Waals surface area contributed by atoms with E-state index < -0.39 is 0 Å². The molecule has 2 heterocycles. The summed E-state index contributed by atoms with van der Waals surface area (Å²) in [5, 5.41) is 0. The van der Waals surface area contributed by atoms with Crippen molar-refractivity contribution in [2.45, 2.75) is 32.2 Å². The Kier molecular flexibility index (Phi) is 1.60. The number of rotatable bonds is 2. The van der Waals surface area contributed by atoms with Crippen LogP contribution in [-0.2, 0) is 6.42 Å². The lowest BCUT2D eigenvalue weighted by molar-refractivity contribution is 0.757. The molecule has 0 N–H and O–H groups in total. The van der Waals surface area contributed by atoms with Crippen LogP contribution in [0.4, 0.5) is 0 Å². The average Bonchev–Trinajstić information content (AvgIpc) is 2.98. The highest BCUT2D eigenvalue weighted by molar-refractivity contribution is 5.71. The van der Waals surface area contributed by atoms with Crippen molar-refractivity contribution >= 4 is 11.2 Å². The molecule has 0 aliphatic heterocycles. The van der Waals surface area contributed by atoms with Crippen molar-refractivity contribution in [3.8, 4) is 0 Å². The molecule has 72 valence electrons.